The molecule has 3 N–H and O–H groups in total. The lowest BCUT2D eigenvalue weighted by atomic mass is 10.0. The fourth-order valence-electron chi connectivity index (χ4n) is 3.87. The number of aliphatic carboxylic acids is 1. The quantitative estimate of drug-likeness (QED) is 0.346. The lowest BCUT2D eigenvalue weighted by molar-refractivity contribution is -0.139. The van der Waals surface area contributed by atoms with E-state index in [1.54, 1.807) is 35.7 Å². The Bertz CT molecular complexity index is 1470. The van der Waals surface area contributed by atoms with Gasteiger partial charge in [0.25, 0.3) is 5.91 Å². The molecule has 0 saturated heterocycles. The summed E-state index contributed by atoms with van der Waals surface area (Å²) in [5, 5.41) is 23.2. The summed E-state index contributed by atoms with van der Waals surface area (Å²) < 4.78 is 12.9. The molecule has 3 heterocycles. The van der Waals surface area contributed by atoms with Crippen LogP contribution in [0.1, 0.15) is 22.8 Å². The normalized spacial score (nSPS) is 13.4. The van der Waals surface area contributed by atoms with Crippen LogP contribution in [-0.4, -0.2) is 50.8 Å². The minimum atomic E-state index is -0.967. The Morgan fingerprint density at radius 3 is 2.78 bits per heavy atom. The third-order valence-corrected chi connectivity index (χ3v) is 6.18. The SMILES string of the molecule is C[C@@H](NCc1cc(C(=O)Nc2cccc(-c3ccc4c(c3)OCCO4)c2Cl)c2nncn2c1)C(=O)O. The largest absolute Gasteiger partial charge is 0.486 e. The van der Waals surface area contributed by atoms with E-state index in [-0.39, 0.29) is 12.1 Å². The zero-order chi connectivity index (χ0) is 25.2. The standard InChI is InChI=1S/C25H22ClN5O5/c1-14(25(33)34)27-11-15-9-18(23-30-28-13-31(23)12-15)24(32)29-19-4-2-3-17(22(19)26)16-5-6-20-21(10-16)36-8-7-35-20/h2-6,9-10,12-14,27H,7-8,11H2,1H3,(H,29,32)(H,33,34)/t14-/m1/s1. The van der Waals surface area contributed by atoms with E-state index in [4.69, 9.17) is 26.2 Å². The summed E-state index contributed by atoms with van der Waals surface area (Å²) >= 11 is 6.72. The molecule has 2 aromatic heterocycles. The number of fused-ring (bicyclic) bond motifs is 2. The van der Waals surface area contributed by atoms with E-state index < -0.39 is 17.9 Å². The third-order valence-electron chi connectivity index (χ3n) is 5.78. The smallest absolute Gasteiger partial charge is 0.320 e. The first-order chi connectivity index (χ1) is 17.4. The van der Waals surface area contributed by atoms with Crippen LogP contribution in [0.25, 0.3) is 16.8 Å². The zero-order valence-electron chi connectivity index (χ0n) is 19.2. The van der Waals surface area contributed by atoms with Crippen LogP contribution in [0.5, 0.6) is 11.5 Å². The number of rotatable bonds is 7. The lowest BCUT2D eigenvalue weighted by Crippen LogP contribution is -2.33. The molecule has 0 unspecified atom stereocenters. The van der Waals surface area contributed by atoms with E-state index in [2.05, 4.69) is 20.8 Å². The van der Waals surface area contributed by atoms with E-state index in [1.807, 2.05) is 24.3 Å². The summed E-state index contributed by atoms with van der Waals surface area (Å²) in [4.78, 5) is 24.4. The Balaban J connectivity index is 1.42. The van der Waals surface area contributed by atoms with Gasteiger partial charge >= 0.3 is 5.97 Å². The molecule has 5 rings (SSSR count). The van der Waals surface area contributed by atoms with E-state index >= 15 is 0 Å². The molecule has 11 heteroatoms. The Labute approximate surface area is 210 Å². The van der Waals surface area contributed by atoms with Gasteiger partial charge in [0.15, 0.2) is 17.1 Å². The van der Waals surface area contributed by atoms with Crippen molar-refractivity contribution in [2.45, 2.75) is 19.5 Å². The fraction of sp³-hybridized carbons (Fsp3) is 0.200. The number of anilines is 1. The van der Waals surface area contributed by atoms with Crippen LogP contribution in [0.2, 0.25) is 5.02 Å². The van der Waals surface area contributed by atoms with E-state index in [9.17, 15) is 9.59 Å². The van der Waals surface area contributed by atoms with Gasteiger partial charge in [-0.3, -0.25) is 14.0 Å². The van der Waals surface area contributed by atoms with Crippen LogP contribution in [-0.2, 0) is 11.3 Å². The van der Waals surface area contributed by atoms with Crippen LogP contribution >= 0.6 is 11.6 Å². The molecule has 0 radical (unpaired) electrons. The van der Waals surface area contributed by atoms with Gasteiger partial charge in [0.2, 0.25) is 0 Å². The van der Waals surface area contributed by atoms with E-state index in [1.165, 1.54) is 6.33 Å². The fourth-order valence-corrected chi connectivity index (χ4v) is 4.15. The molecule has 4 aromatic rings. The molecule has 184 valence electrons. The van der Waals surface area contributed by atoms with Crippen LogP contribution in [0.3, 0.4) is 0 Å². The minimum absolute atomic E-state index is 0.238. The van der Waals surface area contributed by atoms with E-state index in [0.29, 0.717) is 46.6 Å². The summed E-state index contributed by atoms with van der Waals surface area (Å²) in [5.41, 5.74) is 3.30. The first-order valence-corrected chi connectivity index (χ1v) is 11.6. The summed E-state index contributed by atoms with van der Waals surface area (Å²) in [6.07, 6.45) is 3.22. The average Bonchev–Trinajstić information content (AvgIpc) is 3.36. The topological polar surface area (TPSA) is 127 Å². The number of amides is 1. The Kier molecular flexibility index (Phi) is 6.45. The maximum absolute atomic E-state index is 13.3. The number of halogens is 1. The number of carbonyl (C=O) groups is 2. The Morgan fingerprint density at radius 1 is 1.17 bits per heavy atom. The average molecular weight is 508 g/mol. The van der Waals surface area contributed by atoms with Gasteiger partial charge in [-0.05, 0) is 42.3 Å². The summed E-state index contributed by atoms with van der Waals surface area (Å²) in [7, 11) is 0. The molecule has 1 atom stereocenters. The van der Waals surface area contributed by atoms with Crippen LogP contribution < -0.4 is 20.1 Å². The lowest BCUT2D eigenvalue weighted by Gasteiger charge is -2.19. The predicted octanol–water partition coefficient (Wildman–Crippen LogP) is 3.64. The molecule has 0 aliphatic carbocycles. The van der Waals surface area contributed by atoms with Crippen molar-refractivity contribution >= 4 is 34.8 Å². The second kappa shape index (κ2) is 9.84. The molecule has 2 aromatic carbocycles. The number of carboxylic acid groups (broad SMARTS) is 1. The monoisotopic (exact) mass is 507 g/mol. The molecule has 0 saturated carbocycles. The van der Waals surface area contributed by atoms with Gasteiger partial charge in [0.1, 0.15) is 25.6 Å². The number of carboxylic acids is 1. The first-order valence-electron chi connectivity index (χ1n) is 11.2. The summed E-state index contributed by atoms with van der Waals surface area (Å²) in [6, 6.07) is 11.8. The molecule has 1 aliphatic rings. The molecule has 36 heavy (non-hydrogen) atoms. The number of hydrogen-bond acceptors (Lipinski definition) is 7. The molecule has 0 fully saturated rings. The van der Waals surface area contributed by atoms with Gasteiger partial charge in [-0.1, -0.05) is 29.8 Å². The zero-order valence-corrected chi connectivity index (χ0v) is 20.0. The van der Waals surface area contributed by atoms with Crippen molar-refractivity contribution in [3.8, 4) is 22.6 Å². The number of pyridine rings is 1. The molecule has 1 amide bonds. The van der Waals surface area contributed by atoms with Crippen LogP contribution in [0.4, 0.5) is 5.69 Å². The number of benzene rings is 2. The highest BCUT2D eigenvalue weighted by atomic mass is 35.5. The van der Waals surface area contributed by atoms with Gasteiger partial charge in [-0.2, -0.15) is 0 Å². The molecular weight excluding hydrogens is 486 g/mol. The van der Waals surface area contributed by atoms with Gasteiger partial charge in [0, 0.05) is 18.3 Å². The van der Waals surface area contributed by atoms with Crippen molar-refractivity contribution in [2.24, 2.45) is 0 Å². The maximum Gasteiger partial charge on any atom is 0.320 e. The molecule has 1 aliphatic heterocycles. The summed E-state index contributed by atoms with van der Waals surface area (Å²) in [6.45, 7) is 2.76. The molecule has 0 spiro atoms. The highest BCUT2D eigenvalue weighted by molar-refractivity contribution is 6.36. The second-order valence-corrected chi connectivity index (χ2v) is 8.62. The van der Waals surface area contributed by atoms with Crippen molar-refractivity contribution in [1.82, 2.24) is 19.9 Å². The number of ether oxygens (including phenoxy) is 2. The Hall–Kier alpha value is -4.15. The minimum Gasteiger partial charge on any atom is -0.486 e. The van der Waals surface area contributed by atoms with Gasteiger partial charge < -0.3 is 25.2 Å². The number of hydrogen-bond donors (Lipinski definition) is 3. The maximum atomic E-state index is 13.3. The van der Waals surface area contributed by atoms with Crippen LogP contribution in [0.15, 0.2) is 55.0 Å². The van der Waals surface area contributed by atoms with Crippen molar-refractivity contribution in [2.75, 3.05) is 18.5 Å². The highest BCUT2D eigenvalue weighted by Gasteiger charge is 2.19. The number of aromatic nitrogens is 3. The van der Waals surface area contributed by atoms with Crippen molar-refractivity contribution in [3.05, 3.63) is 71.1 Å². The van der Waals surface area contributed by atoms with Gasteiger partial charge in [-0.25, -0.2) is 0 Å². The molecule has 0 bridgehead atoms. The summed E-state index contributed by atoms with van der Waals surface area (Å²) in [5.74, 6) is -0.0793. The number of carbonyl (C=O) groups excluding carboxylic acids is 1. The van der Waals surface area contributed by atoms with Crippen LogP contribution in [0, 0.1) is 0 Å². The van der Waals surface area contributed by atoms with Gasteiger partial charge in [-0.15, -0.1) is 10.2 Å². The predicted molar refractivity (Wildman–Crippen MR) is 133 cm³/mol. The highest BCUT2D eigenvalue weighted by Crippen LogP contribution is 2.39. The molecule has 10 nitrogen and oxygen atoms in total. The first kappa shape index (κ1) is 23.6. The van der Waals surface area contributed by atoms with E-state index in [0.717, 1.165) is 11.1 Å². The molecular formula is C25H22ClN5O5. The van der Waals surface area contributed by atoms with Gasteiger partial charge in [0.05, 0.1) is 16.3 Å². The van der Waals surface area contributed by atoms with Crippen molar-refractivity contribution in [1.29, 1.82) is 0 Å². The number of nitrogens with zero attached hydrogens (tertiary/aromatic N) is 3. The second-order valence-electron chi connectivity index (χ2n) is 8.24. The number of nitrogens with one attached hydrogen (secondary N) is 2. The third kappa shape index (κ3) is 4.68. The Morgan fingerprint density at radius 2 is 1.97 bits per heavy atom. The van der Waals surface area contributed by atoms with Crippen molar-refractivity contribution in [3.63, 3.8) is 0 Å². The van der Waals surface area contributed by atoms with Crippen molar-refractivity contribution < 1.29 is 24.2 Å².